The van der Waals surface area contributed by atoms with Crippen LogP contribution in [0.15, 0.2) is 22.9 Å². The van der Waals surface area contributed by atoms with Crippen molar-refractivity contribution in [1.82, 2.24) is 15.6 Å². The molecule has 112 valence electrons. The molecule has 2 amide bonds. The van der Waals surface area contributed by atoms with Crippen LogP contribution >= 0.6 is 15.9 Å². The fourth-order valence-corrected chi connectivity index (χ4v) is 2.49. The second kappa shape index (κ2) is 6.66. The Kier molecular flexibility index (Phi) is 4.89. The van der Waals surface area contributed by atoms with Crippen molar-refractivity contribution in [2.75, 3.05) is 0 Å². The molecule has 1 fully saturated rings. The Bertz CT molecular complexity index is 578. The monoisotopic (exact) mass is 355 g/mol. The maximum absolute atomic E-state index is 12.0. The summed E-state index contributed by atoms with van der Waals surface area (Å²) in [6, 6.07) is 1.70. The SMILES string of the molecule is O=C1CC[C@@H](C(=O)N[C@@H](Cc2cccnc2Br)C(=O)O)N1. The molecular formula is C13H14BrN3O4. The van der Waals surface area contributed by atoms with E-state index in [-0.39, 0.29) is 18.7 Å². The molecular weight excluding hydrogens is 342 g/mol. The second-order valence-electron chi connectivity index (χ2n) is 4.72. The summed E-state index contributed by atoms with van der Waals surface area (Å²) >= 11 is 3.24. The lowest BCUT2D eigenvalue weighted by atomic mass is 10.1. The zero-order valence-corrected chi connectivity index (χ0v) is 12.6. The van der Waals surface area contributed by atoms with Crippen LogP contribution in [0.5, 0.6) is 0 Å². The second-order valence-corrected chi connectivity index (χ2v) is 5.47. The van der Waals surface area contributed by atoms with Crippen molar-refractivity contribution in [1.29, 1.82) is 0 Å². The highest BCUT2D eigenvalue weighted by atomic mass is 79.9. The number of nitrogens with one attached hydrogen (secondary N) is 2. The predicted octanol–water partition coefficient (Wildman–Crippen LogP) is 0.235. The Morgan fingerprint density at radius 2 is 2.33 bits per heavy atom. The van der Waals surface area contributed by atoms with Crippen LogP contribution in [0.3, 0.4) is 0 Å². The lowest BCUT2D eigenvalue weighted by Gasteiger charge is -2.17. The van der Waals surface area contributed by atoms with E-state index in [0.717, 1.165) is 0 Å². The molecule has 0 spiro atoms. The first-order valence-corrected chi connectivity index (χ1v) is 7.18. The Morgan fingerprint density at radius 3 is 2.90 bits per heavy atom. The highest BCUT2D eigenvalue weighted by molar-refractivity contribution is 9.10. The van der Waals surface area contributed by atoms with Crippen molar-refractivity contribution in [3.05, 3.63) is 28.5 Å². The van der Waals surface area contributed by atoms with Crippen LogP contribution in [0.1, 0.15) is 18.4 Å². The van der Waals surface area contributed by atoms with Gasteiger partial charge in [0.15, 0.2) is 0 Å². The van der Waals surface area contributed by atoms with Gasteiger partial charge in [0.25, 0.3) is 0 Å². The minimum absolute atomic E-state index is 0.107. The van der Waals surface area contributed by atoms with E-state index < -0.39 is 24.0 Å². The molecule has 0 unspecified atom stereocenters. The van der Waals surface area contributed by atoms with E-state index in [1.54, 1.807) is 18.3 Å². The molecule has 0 aromatic carbocycles. The summed E-state index contributed by atoms with van der Waals surface area (Å²) in [6.07, 6.45) is 2.35. The molecule has 0 aliphatic carbocycles. The number of amides is 2. The van der Waals surface area contributed by atoms with Gasteiger partial charge in [0.2, 0.25) is 11.8 Å². The Labute approximate surface area is 129 Å². The Morgan fingerprint density at radius 1 is 1.57 bits per heavy atom. The molecule has 8 heteroatoms. The summed E-state index contributed by atoms with van der Waals surface area (Å²) in [7, 11) is 0. The molecule has 2 atom stereocenters. The van der Waals surface area contributed by atoms with Crippen LogP contribution in [-0.4, -0.2) is 40.0 Å². The molecule has 3 N–H and O–H groups in total. The van der Waals surface area contributed by atoms with Crippen molar-refractivity contribution >= 4 is 33.7 Å². The zero-order valence-electron chi connectivity index (χ0n) is 11.0. The maximum Gasteiger partial charge on any atom is 0.326 e. The van der Waals surface area contributed by atoms with Crippen molar-refractivity contribution < 1.29 is 19.5 Å². The molecule has 1 saturated heterocycles. The predicted molar refractivity (Wildman–Crippen MR) is 76.4 cm³/mol. The van der Waals surface area contributed by atoms with Crippen molar-refractivity contribution in [3.63, 3.8) is 0 Å². The summed E-state index contributed by atoms with van der Waals surface area (Å²) in [5, 5.41) is 14.2. The molecule has 0 saturated carbocycles. The van der Waals surface area contributed by atoms with Crippen molar-refractivity contribution in [3.8, 4) is 0 Å². The lowest BCUT2D eigenvalue weighted by molar-refractivity contribution is -0.142. The van der Waals surface area contributed by atoms with Gasteiger partial charge in [0, 0.05) is 19.0 Å². The molecule has 21 heavy (non-hydrogen) atoms. The number of hydrogen-bond donors (Lipinski definition) is 3. The standard InChI is InChI=1S/C13H14BrN3O4/c14-11-7(2-1-5-15-11)6-9(13(20)21)17-12(19)8-3-4-10(18)16-8/h1-2,5,8-9H,3-4,6H2,(H,16,18)(H,17,19)(H,20,21)/t8-,9-/m0/s1. The van der Waals surface area contributed by atoms with Crippen molar-refractivity contribution in [2.45, 2.75) is 31.3 Å². The number of nitrogens with zero attached hydrogens (tertiary/aromatic N) is 1. The third kappa shape index (κ3) is 4.01. The van der Waals surface area contributed by atoms with Gasteiger partial charge in [-0.05, 0) is 34.0 Å². The number of pyridine rings is 1. The van der Waals surface area contributed by atoms with Gasteiger partial charge in [0.05, 0.1) is 0 Å². The van der Waals surface area contributed by atoms with Crippen molar-refractivity contribution in [2.24, 2.45) is 0 Å². The number of carboxylic acids is 1. The fourth-order valence-electron chi connectivity index (χ4n) is 2.07. The molecule has 7 nitrogen and oxygen atoms in total. The number of hydrogen-bond acceptors (Lipinski definition) is 4. The van der Waals surface area contributed by atoms with Gasteiger partial charge in [-0.2, -0.15) is 0 Å². The van der Waals surface area contributed by atoms with Crippen LogP contribution in [0, 0.1) is 0 Å². The lowest BCUT2D eigenvalue weighted by Crippen LogP contribution is -2.49. The summed E-state index contributed by atoms with van der Waals surface area (Å²) in [5.74, 6) is -1.81. The average molecular weight is 356 g/mol. The van der Waals surface area contributed by atoms with Gasteiger partial charge >= 0.3 is 5.97 Å². The summed E-state index contributed by atoms with van der Waals surface area (Å²) in [4.78, 5) is 38.4. The first-order chi connectivity index (χ1) is 9.97. The minimum atomic E-state index is -1.14. The largest absolute Gasteiger partial charge is 0.480 e. The summed E-state index contributed by atoms with van der Waals surface area (Å²) in [6.45, 7) is 0. The number of rotatable bonds is 5. The van der Waals surface area contributed by atoms with Gasteiger partial charge in [0.1, 0.15) is 16.7 Å². The van der Waals surface area contributed by atoms with E-state index in [4.69, 9.17) is 0 Å². The Hall–Kier alpha value is -1.96. The van der Waals surface area contributed by atoms with E-state index in [0.29, 0.717) is 16.6 Å². The van der Waals surface area contributed by atoms with Gasteiger partial charge in [-0.25, -0.2) is 9.78 Å². The summed E-state index contributed by atoms with van der Waals surface area (Å²) < 4.78 is 0.541. The smallest absolute Gasteiger partial charge is 0.326 e. The minimum Gasteiger partial charge on any atom is -0.480 e. The van der Waals surface area contributed by atoms with Gasteiger partial charge in [-0.15, -0.1) is 0 Å². The molecule has 0 radical (unpaired) electrons. The molecule has 1 aromatic heterocycles. The fraction of sp³-hybridized carbons (Fsp3) is 0.385. The van der Waals surface area contributed by atoms with Crippen LogP contribution in [0.25, 0.3) is 0 Å². The van der Waals surface area contributed by atoms with Crippen LogP contribution in [-0.2, 0) is 20.8 Å². The van der Waals surface area contributed by atoms with E-state index in [2.05, 4.69) is 31.5 Å². The molecule has 1 aliphatic rings. The van der Waals surface area contributed by atoms with Crippen LogP contribution in [0.2, 0.25) is 0 Å². The van der Waals surface area contributed by atoms with Crippen LogP contribution in [0.4, 0.5) is 0 Å². The molecule has 1 aliphatic heterocycles. The molecule has 2 heterocycles. The quantitative estimate of drug-likeness (QED) is 0.655. The first kappa shape index (κ1) is 15.4. The van der Waals surface area contributed by atoms with E-state index in [1.807, 2.05) is 0 Å². The van der Waals surface area contributed by atoms with E-state index >= 15 is 0 Å². The summed E-state index contributed by atoms with van der Waals surface area (Å²) in [5.41, 5.74) is 0.681. The number of aromatic nitrogens is 1. The number of aliphatic carboxylic acids is 1. The molecule has 0 bridgehead atoms. The number of carboxylic acid groups (broad SMARTS) is 1. The third-order valence-electron chi connectivity index (χ3n) is 3.19. The van der Waals surface area contributed by atoms with Crippen LogP contribution < -0.4 is 10.6 Å². The number of carbonyl (C=O) groups is 3. The molecule has 2 rings (SSSR count). The highest BCUT2D eigenvalue weighted by Gasteiger charge is 2.30. The third-order valence-corrected chi connectivity index (χ3v) is 3.90. The van der Waals surface area contributed by atoms with E-state index in [1.165, 1.54) is 0 Å². The molecule has 1 aromatic rings. The normalized spacial score (nSPS) is 18.9. The Balaban J connectivity index is 2.03. The van der Waals surface area contributed by atoms with Gasteiger partial charge < -0.3 is 15.7 Å². The number of carbonyl (C=O) groups excluding carboxylic acids is 2. The van der Waals surface area contributed by atoms with Gasteiger partial charge in [-0.1, -0.05) is 6.07 Å². The zero-order chi connectivity index (χ0) is 15.4. The topological polar surface area (TPSA) is 108 Å². The number of halogens is 1. The van der Waals surface area contributed by atoms with Gasteiger partial charge in [-0.3, -0.25) is 9.59 Å². The maximum atomic E-state index is 12.0. The first-order valence-electron chi connectivity index (χ1n) is 6.39. The highest BCUT2D eigenvalue weighted by Crippen LogP contribution is 2.15. The van der Waals surface area contributed by atoms with E-state index in [9.17, 15) is 19.5 Å². The average Bonchev–Trinajstić information content (AvgIpc) is 2.87.